The summed E-state index contributed by atoms with van der Waals surface area (Å²) in [5.41, 5.74) is 1.33. The first-order valence-corrected chi connectivity index (χ1v) is 7.05. The van der Waals surface area contributed by atoms with Crippen molar-refractivity contribution in [3.63, 3.8) is 0 Å². The largest absolute Gasteiger partial charge is 0.368 e. The monoisotopic (exact) mass is 264 g/mol. The maximum Gasteiger partial charge on any atom is 0.173 e. The van der Waals surface area contributed by atoms with Gasteiger partial charge in [0.1, 0.15) is 0 Å². The average molecular weight is 264 g/mol. The highest BCUT2D eigenvalue weighted by Gasteiger charge is 2.36. The summed E-state index contributed by atoms with van der Waals surface area (Å²) in [6.07, 6.45) is 2.20. The normalized spacial score (nSPS) is 17.7. The Morgan fingerprint density at radius 2 is 2.00 bits per heavy atom. The second-order valence-electron chi connectivity index (χ2n) is 6.61. The highest BCUT2D eigenvalue weighted by Crippen LogP contribution is 2.42. The fraction of sp³-hybridized carbons (Fsp3) is 0.786. The molecule has 1 aromatic heterocycles. The fourth-order valence-corrected chi connectivity index (χ4v) is 2.70. The van der Waals surface area contributed by atoms with Gasteiger partial charge in [-0.1, -0.05) is 34.6 Å². The Morgan fingerprint density at radius 1 is 1.37 bits per heavy atom. The number of nitrogens with zero attached hydrogens (tertiary/aromatic N) is 3. The summed E-state index contributed by atoms with van der Waals surface area (Å²) in [6.45, 7) is 12.3. The number of hydrogen-bond acceptors (Lipinski definition) is 4. The van der Waals surface area contributed by atoms with Gasteiger partial charge in [0.15, 0.2) is 11.5 Å². The van der Waals surface area contributed by atoms with Crippen LogP contribution in [0.1, 0.15) is 53.2 Å². The molecule has 0 amide bonds. The number of fused-ring (bicyclic) bond motifs is 1. The van der Waals surface area contributed by atoms with E-state index in [9.17, 15) is 4.91 Å². The van der Waals surface area contributed by atoms with Crippen molar-refractivity contribution in [2.45, 2.75) is 59.4 Å². The topological polar surface area (TPSA) is 59.3 Å². The summed E-state index contributed by atoms with van der Waals surface area (Å²) in [6, 6.07) is 0. The zero-order valence-corrected chi connectivity index (χ0v) is 12.6. The van der Waals surface area contributed by atoms with Gasteiger partial charge in [0, 0.05) is 17.4 Å². The van der Waals surface area contributed by atoms with Gasteiger partial charge in [-0.2, -0.15) is 5.10 Å². The van der Waals surface area contributed by atoms with Crippen molar-refractivity contribution in [1.29, 1.82) is 0 Å². The summed E-state index contributed by atoms with van der Waals surface area (Å²) >= 11 is 0. The van der Waals surface area contributed by atoms with Gasteiger partial charge in [-0.3, -0.25) is 0 Å². The minimum atomic E-state index is -0.170. The summed E-state index contributed by atoms with van der Waals surface area (Å²) < 4.78 is 1.94. The minimum Gasteiger partial charge on any atom is -0.368 e. The van der Waals surface area contributed by atoms with Crippen LogP contribution in [0.15, 0.2) is 5.18 Å². The molecule has 0 bridgehead atoms. The van der Waals surface area contributed by atoms with Crippen LogP contribution in [-0.4, -0.2) is 16.3 Å². The molecule has 0 radical (unpaired) electrons. The van der Waals surface area contributed by atoms with Crippen LogP contribution in [0.2, 0.25) is 0 Å². The van der Waals surface area contributed by atoms with E-state index in [1.807, 2.05) is 4.68 Å². The van der Waals surface area contributed by atoms with E-state index in [-0.39, 0.29) is 10.8 Å². The molecule has 2 rings (SSSR count). The zero-order chi connectivity index (χ0) is 14.3. The van der Waals surface area contributed by atoms with Crippen LogP contribution in [-0.2, 0) is 12.0 Å². The first-order chi connectivity index (χ1) is 8.87. The molecule has 1 aliphatic heterocycles. The Bertz CT molecular complexity index is 480. The number of anilines is 1. The third-order valence-corrected chi connectivity index (χ3v) is 4.35. The molecule has 1 aliphatic rings. The maximum atomic E-state index is 11.2. The second kappa shape index (κ2) is 4.62. The fourth-order valence-electron chi connectivity index (χ4n) is 2.70. The van der Waals surface area contributed by atoms with Gasteiger partial charge in [0.05, 0.1) is 12.2 Å². The Labute approximate surface area is 114 Å². The molecule has 0 saturated carbocycles. The van der Waals surface area contributed by atoms with Crippen molar-refractivity contribution < 1.29 is 0 Å². The van der Waals surface area contributed by atoms with Crippen LogP contribution in [0.3, 0.4) is 0 Å². The average Bonchev–Trinajstić information content (AvgIpc) is 2.75. The van der Waals surface area contributed by atoms with Crippen molar-refractivity contribution in [3.8, 4) is 0 Å². The molecule has 5 nitrogen and oxygen atoms in total. The van der Waals surface area contributed by atoms with E-state index in [1.165, 1.54) is 0 Å². The van der Waals surface area contributed by atoms with Crippen molar-refractivity contribution in [2.75, 3.05) is 11.9 Å². The van der Waals surface area contributed by atoms with Gasteiger partial charge in [-0.15, -0.1) is 4.91 Å². The van der Waals surface area contributed by atoms with Crippen LogP contribution in [0.25, 0.3) is 0 Å². The molecule has 0 atom stereocenters. The molecule has 0 unspecified atom stereocenters. The van der Waals surface area contributed by atoms with E-state index >= 15 is 0 Å². The molecule has 2 heterocycles. The van der Waals surface area contributed by atoms with Crippen LogP contribution in [0.5, 0.6) is 0 Å². The van der Waals surface area contributed by atoms with Crippen LogP contribution in [0, 0.1) is 10.3 Å². The summed E-state index contributed by atoms with van der Waals surface area (Å²) in [4.78, 5) is 11.2. The lowest BCUT2D eigenvalue weighted by atomic mass is 9.81. The van der Waals surface area contributed by atoms with Crippen LogP contribution < -0.4 is 5.32 Å². The Balaban J connectivity index is 2.48. The molecule has 19 heavy (non-hydrogen) atoms. The van der Waals surface area contributed by atoms with Crippen molar-refractivity contribution >= 4 is 11.5 Å². The number of rotatable bonds is 3. The minimum absolute atomic E-state index is 0.170. The molecular formula is C14H24N4O. The van der Waals surface area contributed by atoms with Gasteiger partial charge < -0.3 is 5.32 Å². The molecule has 106 valence electrons. The molecular weight excluding hydrogens is 240 g/mol. The SMILES string of the molecule is CCC1(CC)CNc2c(N=O)c(C(C)(C)C)nn2C1. The van der Waals surface area contributed by atoms with E-state index in [2.05, 4.69) is 50.2 Å². The standard InChI is InChI=1S/C14H24N4O/c1-6-14(7-2)8-15-12-10(17-19)11(13(3,4)5)16-18(12)9-14/h15H,6-9H2,1-5H3. The highest BCUT2D eigenvalue weighted by atomic mass is 16.3. The predicted octanol–water partition coefficient (Wildman–Crippen LogP) is 3.81. The molecule has 0 aliphatic carbocycles. The Morgan fingerprint density at radius 3 is 2.47 bits per heavy atom. The van der Waals surface area contributed by atoms with Gasteiger partial charge in [-0.05, 0) is 18.0 Å². The van der Waals surface area contributed by atoms with Gasteiger partial charge in [-0.25, -0.2) is 4.68 Å². The van der Waals surface area contributed by atoms with Gasteiger partial charge in [0.25, 0.3) is 0 Å². The van der Waals surface area contributed by atoms with E-state index < -0.39 is 0 Å². The third-order valence-electron chi connectivity index (χ3n) is 4.35. The predicted molar refractivity (Wildman–Crippen MR) is 77.9 cm³/mol. The molecule has 1 N–H and O–H groups in total. The van der Waals surface area contributed by atoms with Crippen LogP contribution >= 0.6 is 0 Å². The summed E-state index contributed by atoms with van der Waals surface area (Å²) in [7, 11) is 0. The summed E-state index contributed by atoms with van der Waals surface area (Å²) in [5, 5.41) is 11.2. The smallest absolute Gasteiger partial charge is 0.173 e. The number of aromatic nitrogens is 2. The molecule has 0 spiro atoms. The lowest BCUT2D eigenvalue weighted by molar-refractivity contribution is 0.213. The number of nitrogens with one attached hydrogen (secondary N) is 1. The van der Waals surface area contributed by atoms with E-state index in [0.717, 1.165) is 37.4 Å². The van der Waals surface area contributed by atoms with E-state index in [4.69, 9.17) is 0 Å². The molecule has 5 heteroatoms. The van der Waals surface area contributed by atoms with E-state index in [0.29, 0.717) is 5.69 Å². The first-order valence-electron chi connectivity index (χ1n) is 7.05. The maximum absolute atomic E-state index is 11.2. The van der Waals surface area contributed by atoms with Crippen molar-refractivity contribution in [1.82, 2.24) is 9.78 Å². The van der Waals surface area contributed by atoms with E-state index in [1.54, 1.807) is 0 Å². The Kier molecular flexibility index (Phi) is 3.41. The zero-order valence-electron chi connectivity index (χ0n) is 12.6. The van der Waals surface area contributed by atoms with Crippen molar-refractivity contribution in [2.24, 2.45) is 10.6 Å². The quantitative estimate of drug-likeness (QED) is 0.844. The second-order valence-corrected chi connectivity index (χ2v) is 6.61. The first kappa shape index (κ1) is 14.0. The number of nitroso groups, excluding NO2 is 1. The Hall–Kier alpha value is -1.39. The highest BCUT2D eigenvalue weighted by molar-refractivity contribution is 5.66. The van der Waals surface area contributed by atoms with Crippen LogP contribution in [0.4, 0.5) is 11.5 Å². The molecule has 0 saturated heterocycles. The van der Waals surface area contributed by atoms with Gasteiger partial charge >= 0.3 is 0 Å². The number of hydrogen-bond donors (Lipinski definition) is 1. The lowest BCUT2D eigenvalue weighted by Crippen LogP contribution is -2.38. The third kappa shape index (κ3) is 2.26. The lowest BCUT2D eigenvalue weighted by Gasteiger charge is -2.36. The van der Waals surface area contributed by atoms with Crippen molar-refractivity contribution in [3.05, 3.63) is 10.6 Å². The molecule has 1 aromatic rings. The molecule has 0 aromatic carbocycles. The van der Waals surface area contributed by atoms with Gasteiger partial charge in [0.2, 0.25) is 0 Å². The summed E-state index contributed by atoms with van der Waals surface area (Å²) in [5.74, 6) is 0.789. The molecule has 0 fully saturated rings.